The van der Waals surface area contributed by atoms with E-state index in [4.69, 9.17) is 4.99 Å². The first-order valence-electron chi connectivity index (χ1n) is 9.26. The van der Waals surface area contributed by atoms with Crippen molar-refractivity contribution in [1.82, 2.24) is 9.80 Å². The minimum atomic E-state index is 0.526. The smallest absolute Gasteiger partial charge is 0.196 e. The lowest BCUT2D eigenvalue weighted by Gasteiger charge is -2.33. The molecule has 1 aromatic rings. The Kier molecular flexibility index (Phi) is 5.58. The Bertz CT molecular complexity index is 501. The highest BCUT2D eigenvalue weighted by Crippen LogP contribution is 2.26. The van der Waals surface area contributed by atoms with Crippen LogP contribution in [0.15, 0.2) is 35.3 Å². The summed E-state index contributed by atoms with van der Waals surface area (Å²) in [5.74, 6) is 2.04. The summed E-state index contributed by atoms with van der Waals surface area (Å²) in [5, 5.41) is 0. The molecule has 0 bridgehead atoms. The summed E-state index contributed by atoms with van der Waals surface area (Å²) in [4.78, 5) is 9.65. The molecule has 1 aliphatic heterocycles. The third-order valence-corrected chi connectivity index (χ3v) is 5.28. The quantitative estimate of drug-likeness (QED) is 0.787. The molecule has 3 rings (SSSR count). The van der Waals surface area contributed by atoms with Crippen LogP contribution in [0.1, 0.15) is 44.1 Å². The molecular weight excluding hydrogens is 282 g/mol. The highest BCUT2D eigenvalue weighted by molar-refractivity contribution is 5.81. The van der Waals surface area contributed by atoms with Crippen LogP contribution < -0.4 is 0 Å². The van der Waals surface area contributed by atoms with Gasteiger partial charge in [0.2, 0.25) is 0 Å². The van der Waals surface area contributed by atoms with Crippen molar-refractivity contribution >= 4 is 5.96 Å². The van der Waals surface area contributed by atoms with E-state index in [0.29, 0.717) is 6.04 Å². The molecule has 1 aliphatic carbocycles. The summed E-state index contributed by atoms with van der Waals surface area (Å²) in [6, 6.07) is 11.4. The molecule has 0 saturated heterocycles. The molecule has 0 spiro atoms. The first kappa shape index (κ1) is 16.4. The summed E-state index contributed by atoms with van der Waals surface area (Å²) in [6.45, 7) is 2.13. The van der Waals surface area contributed by atoms with E-state index in [1.54, 1.807) is 0 Å². The molecule has 1 aromatic carbocycles. The lowest BCUT2D eigenvalue weighted by Crippen LogP contribution is -2.46. The number of hydrogen-bond donors (Lipinski definition) is 0. The Labute approximate surface area is 141 Å². The van der Waals surface area contributed by atoms with Crippen molar-refractivity contribution in [3.05, 3.63) is 35.9 Å². The van der Waals surface area contributed by atoms with E-state index in [0.717, 1.165) is 18.9 Å². The van der Waals surface area contributed by atoms with E-state index in [2.05, 4.69) is 54.2 Å². The molecule has 23 heavy (non-hydrogen) atoms. The number of nitrogens with zero attached hydrogens (tertiary/aromatic N) is 3. The first-order valence-corrected chi connectivity index (χ1v) is 9.26. The van der Waals surface area contributed by atoms with Crippen molar-refractivity contribution in [1.29, 1.82) is 0 Å². The van der Waals surface area contributed by atoms with Crippen molar-refractivity contribution in [2.45, 2.75) is 51.0 Å². The summed E-state index contributed by atoms with van der Waals surface area (Å²) >= 11 is 0. The predicted octanol–water partition coefficient (Wildman–Crippen LogP) is 3.80. The minimum Gasteiger partial charge on any atom is -0.349 e. The summed E-state index contributed by atoms with van der Waals surface area (Å²) in [6.07, 6.45) is 9.59. The predicted molar refractivity (Wildman–Crippen MR) is 97.8 cm³/mol. The van der Waals surface area contributed by atoms with E-state index in [-0.39, 0.29) is 0 Å². The molecular formula is C20H31N3. The van der Waals surface area contributed by atoms with Crippen LogP contribution in [0.2, 0.25) is 0 Å². The lowest BCUT2D eigenvalue weighted by atomic mass is 9.98. The molecule has 1 saturated carbocycles. The Morgan fingerprint density at radius 3 is 2.39 bits per heavy atom. The maximum atomic E-state index is 4.85. The molecule has 0 N–H and O–H groups in total. The SMILES string of the molecule is CN(C)C1=NC[C@H](Cc2ccccc2)N1CC1CCCCCC1. The summed E-state index contributed by atoms with van der Waals surface area (Å²) in [7, 11) is 4.26. The summed E-state index contributed by atoms with van der Waals surface area (Å²) in [5.41, 5.74) is 1.43. The van der Waals surface area contributed by atoms with Crippen molar-refractivity contribution in [3.8, 4) is 0 Å². The first-order chi connectivity index (χ1) is 11.2. The van der Waals surface area contributed by atoms with Gasteiger partial charge >= 0.3 is 0 Å². The molecule has 3 nitrogen and oxygen atoms in total. The number of rotatable bonds is 4. The van der Waals surface area contributed by atoms with Gasteiger partial charge in [-0.15, -0.1) is 0 Å². The fourth-order valence-corrected chi connectivity index (χ4v) is 4.05. The van der Waals surface area contributed by atoms with Gasteiger partial charge < -0.3 is 9.80 Å². The highest BCUT2D eigenvalue weighted by Gasteiger charge is 2.31. The maximum Gasteiger partial charge on any atom is 0.196 e. The van der Waals surface area contributed by atoms with Crippen LogP contribution in [0.3, 0.4) is 0 Å². The van der Waals surface area contributed by atoms with E-state index < -0.39 is 0 Å². The highest BCUT2D eigenvalue weighted by atomic mass is 15.4. The van der Waals surface area contributed by atoms with Crippen LogP contribution in [-0.2, 0) is 6.42 Å². The second kappa shape index (κ2) is 7.85. The molecule has 3 heteroatoms. The zero-order chi connectivity index (χ0) is 16.1. The second-order valence-corrected chi connectivity index (χ2v) is 7.39. The van der Waals surface area contributed by atoms with Gasteiger partial charge in [-0.25, -0.2) is 0 Å². The zero-order valence-corrected chi connectivity index (χ0v) is 14.7. The number of hydrogen-bond acceptors (Lipinski definition) is 3. The van der Waals surface area contributed by atoms with Crippen LogP contribution in [0.5, 0.6) is 0 Å². The number of aliphatic imine (C=N–C) groups is 1. The fraction of sp³-hybridized carbons (Fsp3) is 0.650. The molecule has 0 unspecified atom stereocenters. The Morgan fingerprint density at radius 2 is 1.74 bits per heavy atom. The zero-order valence-electron chi connectivity index (χ0n) is 14.7. The van der Waals surface area contributed by atoms with Crippen LogP contribution in [-0.4, -0.2) is 49.0 Å². The van der Waals surface area contributed by atoms with Crippen molar-refractivity contribution in [2.24, 2.45) is 10.9 Å². The van der Waals surface area contributed by atoms with Crippen molar-refractivity contribution < 1.29 is 0 Å². The summed E-state index contributed by atoms with van der Waals surface area (Å²) < 4.78 is 0. The van der Waals surface area contributed by atoms with Gasteiger partial charge in [-0.1, -0.05) is 56.0 Å². The van der Waals surface area contributed by atoms with Gasteiger partial charge in [-0.2, -0.15) is 0 Å². The molecule has 0 radical (unpaired) electrons. The maximum absolute atomic E-state index is 4.85. The van der Waals surface area contributed by atoms with Gasteiger partial charge in [-0.3, -0.25) is 4.99 Å². The van der Waals surface area contributed by atoms with Crippen molar-refractivity contribution in [3.63, 3.8) is 0 Å². The molecule has 2 aliphatic rings. The number of benzene rings is 1. The molecule has 0 amide bonds. The Hall–Kier alpha value is -1.51. The lowest BCUT2D eigenvalue weighted by molar-refractivity contribution is 0.252. The van der Waals surface area contributed by atoms with E-state index in [1.807, 2.05) is 0 Å². The van der Waals surface area contributed by atoms with Gasteiger partial charge in [0.05, 0.1) is 12.6 Å². The monoisotopic (exact) mass is 313 g/mol. The topological polar surface area (TPSA) is 18.8 Å². The number of guanidine groups is 1. The largest absolute Gasteiger partial charge is 0.349 e. The fourth-order valence-electron chi connectivity index (χ4n) is 4.05. The molecule has 1 heterocycles. The van der Waals surface area contributed by atoms with Crippen molar-refractivity contribution in [2.75, 3.05) is 27.2 Å². The molecule has 126 valence electrons. The van der Waals surface area contributed by atoms with Gasteiger partial charge in [0.15, 0.2) is 5.96 Å². The minimum absolute atomic E-state index is 0.526. The van der Waals surface area contributed by atoms with Crippen LogP contribution in [0.4, 0.5) is 0 Å². The van der Waals surface area contributed by atoms with Crippen LogP contribution >= 0.6 is 0 Å². The van der Waals surface area contributed by atoms with E-state index >= 15 is 0 Å². The third-order valence-electron chi connectivity index (χ3n) is 5.28. The van der Waals surface area contributed by atoms with Crippen LogP contribution in [0.25, 0.3) is 0 Å². The second-order valence-electron chi connectivity index (χ2n) is 7.39. The molecule has 0 aromatic heterocycles. The average molecular weight is 313 g/mol. The standard InChI is InChI=1S/C20H31N3/c1-22(2)20-21-15-19(14-17-10-8-5-9-11-17)23(20)16-18-12-6-3-4-7-13-18/h5,8-11,18-19H,3-4,6-7,12-16H2,1-2H3/t19-/m0/s1. The van der Waals surface area contributed by atoms with E-state index in [1.165, 1.54) is 56.6 Å². The molecule has 1 atom stereocenters. The van der Waals surface area contributed by atoms with Crippen LogP contribution in [0, 0.1) is 5.92 Å². The van der Waals surface area contributed by atoms with E-state index in [9.17, 15) is 0 Å². The van der Waals surface area contributed by atoms with Gasteiger partial charge in [-0.05, 0) is 30.7 Å². The molecule has 1 fully saturated rings. The third kappa shape index (κ3) is 4.27. The van der Waals surface area contributed by atoms with Gasteiger partial charge in [0.1, 0.15) is 0 Å². The Balaban J connectivity index is 1.69. The van der Waals surface area contributed by atoms with Gasteiger partial charge in [0, 0.05) is 20.6 Å². The van der Waals surface area contributed by atoms with Gasteiger partial charge in [0.25, 0.3) is 0 Å². The normalized spacial score (nSPS) is 22.8. The average Bonchev–Trinajstić information content (AvgIpc) is 2.77. The Morgan fingerprint density at radius 1 is 1.04 bits per heavy atom.